The second-order valence-electron chi connectivity index (χ2n) is 17.3. The van der Waals surface area contributed by atoms with E-state index in [2.05, 4.69) is 212 Å². The lowest BCUT2D eigenvalue weighted by Gasteiger charge is -2.26. The third-order valence-electron chi connectivity index (χ3n) is 13.9. The molecule has 9 aromatic carbocycles. The zero-order chi connectivity index (χ0) is 45.0. The van der Waals surface area contributed by atoms with Gasteiger partial charge in [0, 0.05) is 55.2 Å². The quantitative estimate of drug-likeness (QED) is 0.173. The fraction of sp³-hybridized carbons (Fsp3) is 0. The van der Waals surface area contributed by atoms with E-state index in [-0.39, 0.29) is 0 Å². The summed E-state index contributed by atoms with van der Waals surface area (Å²) in [6.45, 7) is 0. The molecule has 0 atom stereocenters. The molecule has 0 aliphatic rings. The molecule has 0 fully saturated rings. The SMILES string of the molecule is N#Cc1c(-c2ccc3c(c2)c2ncccc2n3-c2ccccc2)c(C#N)c(-n2c3ccccc3c3ccccc32)c(-n2c3ccccc3c3ccccc32)c1-n1c2ccccc2c2ccccc21. The van der Waals surface area contributed by atoms with Gasteiger partial charge in [0.2, 0.25) is 0 Å². The molecule has 5 heterocycles. The van der Waals surface area contributed by atoms with Crippen LogP contribution in [0.1, 0.15) is 11.1 Å². The van der Waals surface area contributed by atoms with Gasteiger partial charge in [-0.15, -0.1) is 0 Å². The highest BCUT2D eigenvalue weighted by Gasteiger charge is 2.33. The molecular formula is C61H35N7. The second-order valence-corrected chi connectivity index (χ2v) is 17.3. The van der Waals surface area contributed by atoms with Crippen LogP contribution in [0.4, 0.5) is 0 Å². The van der Waals surface area contributed by atoms with Crippen molar-refractivity contribution in [1.82, 2.24) is 23.3 Å². The molecule has 0 radical (unpaired) electrons. The summed E-state index contributed by atoms with van der Waals surface area (Å²) in [5.74, 6) is 0. The van der Waals surface area contributed by atoms with Crippen molar-refractivity contribution in [2.75, 3.05) is 0 Å². The Morgan fingerprint density at radius 2 is 0.691 bits per heavy atom. The van der Waals surface area contributed by atoms with Crippen molar-refractivity contribution in [3.63, 3.8) is 0 Å². The first-order valence-corrected chi connectivity index (χ1v) is 22.7. The topological polar surface area (TPSA) is 80.2 Å². The number of fused-ring (bicyclic) bond motifs is 12. The Balaban J connectivity index is 1.26. The first-order valence-electron chi connectivity index (χ1n) is 22.7. The number of rotatable bonds is 5. The van der Waals surface area contributed by atoms with Crippen LogP contribution in [0.2, 0.25) is 0 Å². The van der Waals surface area contributed by atoms with Gasteiger partial charge < -0.3 is 18.3 Å². The number of hydrogen-bond acceptors (Lipinski definition) is 3. The molecule has 0 aliphatic heterocycles. The van der Waals surface area contributed by atoms with E-state index in [0.29, 0.717) is 28.1 Å². The Bertz CT molecular complexity index is 4210. The van der Waals surface area contributed by atoms with E-state index in [4.69, 9.17) is 4.98 Å². The van der Waals surface area contributed by atoms with Gasteiger partial charge in [-0.25, -0.2) is 0 Å². The highest BCUT2D eigenvalue weighted by Crippen LogP contribution is 2.49. The van der Waals surface area contributed by atoms with Gasteiger partial charge in [0.05, 0.1) is 77.8 Å². The van der Waals surface area contributed by atoms with E-state index in [0.717, 1.165) is 104 Å². The van der Waals surface area contributed by atoms with Crippen LogP contribution in [-0.4, -0.2) is 23.3 Å². The van der Waals surface area contributed by atoms with Crippen LogP contribution < -0.4 is 0 Å². The summed E-state index contributed by atoms with van der Waals surface area (Å²) in [7, 11) is 0. The van der Waals surface area contributed by atoms with Crippen molar-refractivity contribution in [3.05, 3.63) is 224 Å². The number of nitriles is 2. The van der Waals surface area contributed by atoms with Crippen molar-refractivity contribution in [3.8, 4) is 46.0 Å². The van der Waals surface area contributed by atoms with Crippen LogP contribution in [0.25, 0.3) is 121 Å². The summed E-state index contributed by atoms with van der Waals surface area (Å²) >= 11 is 0. The molecule has 0 saturated carbocycles. The lowest BCUT2D eigenvalue weighted by atomic mass is 9.89. The minimum atomic E-state index is 0.383. The normalized spacial score (nSPS) is 11.8. The number of hydrogen-bond donors (Lipinski definition) is 0. The summed E-state index contributed by atoms with van der Waals surface area (Å²) in [5.41, 5.74) is 13.6. The third-order valence-corrected chi connectivity index (χ3v) is 13.9. The van der Waals surface area contributed by atoms with Crippen LogP contribution in [0.5, 0.6) is 0 Å². The zero-order valence-electron chi connectivity index (χ0n) is 36.3. The van der Waals surface area contributed by atoms with Gasteiger partial charge in [-0.3, -0.25) is 4.98 Å². The lowest BCUT2D eigenvalue weighted by Crippen LogP contribution is -2.14. The second kappa shape index (κ2) is 14.4. The Morgan fingerprint density at radius 3 is 1.12 bits per heavy atom. The van der Waals surface area contributed by atoms with Crippen LogP contribution >= 0.6 is 0 Å². The van der Waals surface area contributed by atoms with E-state index < -0.39 is 0 Å². The van der Waals surface area contributed by atoms with E-state index in [1.807, 2.05) is 30.5 Å². The summed E-state index contributed by atoms with van der Waals surface area (Å²) in [5, 5.41) is 31.6. The molecule has 0 saturated heterocycles. The lowest BCUT2D eigenvalue weighted by molar-refractivity contribution is 1.04. The van der Waals surface area contributed by atoms with Gasteiger partial charge in [-0.1, -0.05) is 133 Å². The molecular weight excluding hydrogens is 831 g/mol. The van der Waals surface area contributed by atoms with Crippen molar-refractivity contribution in [2.45, 2.75) is 0 Å². The molecule has 314 valence electrons. The average molecular weight is 866 g/mol. The molecule has 14 rings (SSSR count). The predicted octanol–water partition coefficient (Wildman–Crippen LogP) is 14.9. The molecule has 0 aliphatic carbocycles. The molecule has 0 bridgehead atoms. The van der Waals surface area contributed by atoms with Gasteiger partial charge >= 0.3 is 0 Å². The summed E-state index contributed by atoms with van der Waals surface area (Å²) in [4.78, 5) is 4.97. The molecule has 0 N–H and O–H groups in total. The molecule has 0 spiro atoms. The van der Waals surface area contributed by atoms with Crippen LogP contribution in [-0.2, 0) is 0 Å². The minimum absolute atomic E-state index is 0.383. The average Bonchev–Trinajstić information content (AvgIpc) is 4.13. The van der Waals surface area contributed by atoms with Crippen LogP contribution in [0, 0.1) is 22.7 Å². The van der Waals surface area contributed by atoms with E-state index >= 15 is 0 Å². The third kappa shape index (κ3) is 5.07. The fourth-order valence-corrected chi connectivity index (χ4v) is 11.2. The number of aromatic nitrogens is 5. The Kier molecular flexibility index (Phi) is 7.98. The zero-order valence-corrected chi connectivity index (χ0v) is 36.3. The molecule has 0 unspecified atom stereocenters. The maximum Gasteiger partial charge on any atom is 0.102 e. The number of pyridine rings is 1. The fourth-order valence-electron chi connectivity index (χ4n) is 11.2. The van der Waals surface area contributed by atoms with Crippen molar-refractivity contribution in [2.24, 2.45) is 0 Å². The molecule has 14 aromatic rings. The molecule has 68 heavy (non-hydrogen) atoms. The minimum Gasteiger partial charge on any atom is -0.308 e. The monoisotopic (exact) mass is 865 g/mol. The van der Waals surface area contributed by atoms with Crippen molar-refractivity contribution in [1.29, 1.82) is 10.5 Å². The van der Waals surface area contributed by atoms with Gasteiger partial charge in [-0.2, -0.15) is 10.5 Å². The molecule has 0 amide bonds. The van der Waals surface area contributed by atoms with Crippen molar-refractivity contribution < 1.29 is 0 Å². The molecule has 7 heteroatoms. The maximum absolute atomic E-state index is 12.2. The first-order chi connectivity index (χ1) is 33.7. The molecule has 7 nitrogen and oxygen atoms in total. The first kappa shape index (κ1) is 37.7. The number of benzene rings is 9. The van der Waals surface area contributed by atoms with E-state index in [1.165, 1.54) is 0 Å². The Labute approximate surface area is 389 Å². The standard InChI is InChI=1S/C61H35N7/c62-36-47-57(38-32-33-55-46(35-38)58-56(31-16-34-64-58)65(55)39-17-2-1-3-18-39)48(37-63)60(67-51-27-12-6-21-42(51)43-22-7-13-28-52(43)67)61(68-53-29-14-8-23-44(53)45-24-9-15-30-54(45)68)59(47)66-49-25-10-4-19-40(49)41-20-5-11-26-50(41)66/h1-35H. The largest absolute Gasteiger partial charge is 0.308 e. The number of nitrogens with zero attached hydrogens (tertiary/aromatic N) is 7. The van der Waals surface area contributed by atoms with Crippen molar-refractivity contribution >= 4 is 87.4 Å². The predicted molar refractivity (Wildman–Crippen MR) is 276 cm³/mol. The van der Waals surface area contributed by atoms with Gasteiger partial charge in [0.15, 0.2) is 0 Å². The summed E-state index contributed by atoms with van der Waals surface area (Å²) < 4.78 is 9.07. The smallest absolute Gasteiger partial charge is 0.102 e. The number of para-hydroxylation sites is 7. The van der Waals surface area contributed by atoms with E-state index in [9.17, 15) is 10.5 Å². The summed E-state index contributed by atoms with van der Waals surface area (Å²) in [6.07, 6.45) is 1.83. The van der Waals surface area contributed by atoms with Gasteiger partial charge in [0.1, 0.15) is 12.1 Å². The van der Waals surface area contributed by atoms with Crippen LogP contribution in [0.3, 0.4) is 0 Å². The van der Waals surface area contributed by atoms with Gasteiger partial charge in [0.25, 0.3) is 0 Å². The Morgan fingerprint density at radius 1 is 0.324 bits per heavy atom. The molecule has 5 aromatic heterocycles. The highest BCUT2D eigenvalue weighted by atomic mass is 15.1. The highest BCUT2D eigenvalue weighted by molar-refractivity contribution is 6.16. The van der Waals surface area contributed by atoms with Crippen LogP contribution in [0.15, 0.2) is 212 Å². The summed E-state index contributed by atoms with van der Waals surface area (Å²) in [6, 6.07) is 76.9. The Hall–Kier alpha value is -9.69. The van der Waals surface area contributed by atoms with E-state index in [1.54, 1.807) is 0 Å². The maximum atomic E-state index is 12.2. The van der Waals surface area contributed by atoms with Gasteiger partial charge in [-0.05, 0) is 78.4 Å².